The molecule has 3 aliphatic heterocycles. The molecule has 9 N–H and O–H groups in total. The zero-order valence-corrected chi connectivity index (χ0v) is 67.8. The summed E-state index contributed by atoms with van der Waals surface area (Å²) in [7, 11) is -12.9. The number of aromatic nitrogens is 8. The number of nitrogens with one attached hydrogen (secondary N) is 3. The van der Waals surface area contributed by atoms with Gasteiger partial charge in [0.15, 0.2) is 15.1 Å². The molecule has 0 bridgehead atoms. The van der Waals surface area contributed by atoms with Gasteiger partial charge in [0.2, 0.25) is 11.8 Å². The van der Waals surface area contributed by atoms with E-state index in [0.717, 1.165) is 37.9 Å². The lowest BCUT2D eigenvalue weighted by atomic mass is 9.84. The number of halogens is 3. The molecule has 36 heteroatoms. The van der Waals surface area contributed by atoms with Gasteiger partial charge in [-0.3, -0.25) is 14.4 Å². The Morgan fingerprint density at radius 1 is 0.509 bits per heavy atom. The van der Waals surface area contributed by atoms with Crippen molar-refractivity contribution in [1.82, 2.24) is 54.0 Å². The van der Waals surface area contributed by atoms with Gasteiger partial charge >= 0.3 is 0 Å². The van der Waals surface area contributed by atoms with E-state index in [1.807, 2.05) is 62.1 Å². The van der Waals surface area contributed by atoms with Gasteiger partial charge in [-0.2, -0.15) is 25.3 Å². The zero-order chi connectivity index (χ0) is 83.4. The van der Waals surface area contributed by atoms with E-state index >= 15 is 0 Å². The van der Waals surface area contributed by atoms with Crippen molar-refractivity contribution < 1.29 is 71.8 Å². The van der Waals surface area contributed by atoms with E-state index in [1.165, 1.54) is 97.8 Å². The Morgan fingerprint density at radius 2 is 0.931 bits per heavy atom. The monoisotopic (exact) mass is 1650 g/mol. The molecule has 4 fully saturated rings. The van der Waals surface area contributed by atoms with Crippen molar-refractivity contribution in [2.75, 3.05) is 84.4 Å². The minimum atomic E-state index is -4.35. The molecule has 1 aliphatic carbocycles. The van der Waals surface area contributed by atoms with Crippen LogP contribution in [0.4, 0.5) is 48.1 Å². The van der Waals surface area contributed by atoms with Crippen LogP contribution in [0.5, 0.6) is 17.5 Å². The molecule has 0 radical (unpaired) electrons. The van der Waals surface area contributed by atoms with Crippen LogP contribution in [-0.2, 0) is 34.8 Å². The number of hydrogen-bond donors (Lipinski definition) is 6. The standard InChI is InChI=1S/C28H34FN5O4S.C28H34N6O5S.C24H26F2N6O4S/c1-18(2)16-38-21-14-19(13-20(29)15-21)23-10-9-22(26(31-23)34-12-6-11-28(3,4)17-34)27(35)33-39(36,37)25-8-5-7-24(30)32-25;1-18(2)39-25-11-8-20(16-30-25)23-10-9-22(28(35)33-40(36,37)26-5-3-4-24(29)32-26)27(31-23)34-14-12-21(13-15-34)38-17-19-6-7-19;1-15(2)36-20-9-6-16(14-28-20)18-8-7-17(22(29-18)32-12-10-24(25,26)11-13-32)23(33)31-37(34,35)21-5-3-4-19(27)30-21/h5,7-10,13-15,18H,6,11-12,16-17H2,1-4H3,(H2,30,32)(H,33,35);3-5,8-11,16,18-19,21H,6-7,12-15,17H2,1-2H3,(H2,29,32)(H,33,35);3-9,14-15H,10-13H2,1-2H3,(H2,27,30)(H,31,33). The van der Waals surface area contributed by atoms with Crippen molar-refractivity contribution in [3.05, 3.63) is 168 Å². The van der Waals surface area contributed by atoms with E-state index < -0.39 is 77.4 Å². The number of piperidine rings is 3. The molecular formula is C80H94F3N17O13S3. The van der Waals surface area contributed by atoms with Crippen LogP contribution in [0.25, 0.3) is 33.8 Å². The van der Waals surface area contributed by atoms with Crippen molar-refractivity contribution in [1.29, 1.82) is 0 Å². The normalized spacial score (nSPS) is 15.7. The number of alkyl halides is 2. The fourth-order valence-electron chi connectivity index (χ4n) is 12.7. The summed E-state index contributed by atoms with van der Waals surface area (Å²) in [5.74, 6) is -2.85. The van der Waals surface area contributed by atoms with Gasteiger partial charge in [0.05, 0.1) is 58.7 Å². The molecule has 0 unspecified atom stereocenters. The molecule has 3 amide bonds. The molecule has 616 valence electrons. The van der Waals surface area contributed by atoms with Crippen LogP contribution in [0.3, 0.4) is 0 Å². The molecular weight excluding hydrogens is 1560 g/mol. The number of ether oxygens (including phenoxy) is 4. The highest BCUT2D eigenvalue weighted by Gasteiger charge is 2.38. The Balaban J connectivity index is 0.000000171. The first-order valence-corrected chi connectivity index (χ1v) is 42.3. The number of hydrogen-bond acceptors (Lipinski definition) is 27. The molecule has 0 spiro atoms. The summed E-state index contributed by atoms with van der Waals surface area (Å²) in [6, 6.07) is 33.0. The van der Waals surface area contributed by atoms with Crippen LogP contribution < -0.4 is 60.3 Å². The first kappa shape index (κ1) is 85.5. The fourth-order valence-corrected chi connectivity index (χ4v) is 15.5. The Labute approximate surface area is 672 Å². The predicted molar refractivity (Wildman–Crippen MR) is 432 cm³/mol. The molecule has 8 aromatic heterocycles. The van der Waals surface area contributed by atoms with Crippen LogP contribution in [-0.4, -0.2) is 160 Å². The van der Waals surface area contributed by atoms with Crippen LogP contribution in [0.15, 0.2) is 161 Å². The summed E-state index contributed by atoms with van der Waals surface area (Å²) in [6.07, 6.45) is 8.38. The number of sulfonamides is 3. The second-order valence-electron chi connectivity index (χ2n) is 30.2. The van der Waals surface area contributed by atoms with Gasteiger partial charge in [-0.15, -0.1) is 0 Å². The molecule has 30 nitrogen and oxygen atoms in total. The lowest BCUT2D eigenvalue weighted by Crippen LogP contribution is -2.42. The largest absolute Gasteiger partial charge is 0.493 e. The molecule has 116 heavy (non-hydrogen) atoms. The number of carbonyl (C=O) groups is 3. The number of nitrogen functional groups attached to an aromatic ring is 3. The molecule has 1 saturated carbocycles. The van der Waals surface area contributed by atoms with Gasteiger partial charge in [-0.1, -0.05) is 45.9 Å². The maximum Gasteiger partial charge on any atom is 0.281 e. The SMILES string of the molecule is CC(C)COc1cc(F)cc(-c2ccc(C(=O)NS(=O)(=O)c3cccc(N)n3)c(N3CCCC(C)(C)C3)n2)c1.CC(C)Oc1ccc(-c2ccc(C(=O)NS(=O)(=O)c3cccc(N)n3)c(N3CCC(F)(F)CC3)n2)cn1.CC(C)Oc1ccc(-c2ccc(C(=O)NS(=O)(=O)c3cccc(N)n3)c(N3CCC(OCC4CC4)CC3)n2)cn1. The minimum Gasteiger partial charge on any atom is -0.493 e. The maximum atomic E-state index is 14.5. The number of amides is 3. The summed E-state index contributed by atoms with van der Waals surface area (Å²) in [6.45, 7) is 19.4. The van der Waals surface area contributed by atoms with Gasteiger partial charge in [0.25, 0.3) is 53.7 Å². The smallest absolute Gasteiger partial charge is 0.281 e. The Bertz CT molecular complexity index is 5370. The highest BCUT2D eigenvalue weighted by Crippen LogP contribution is 2.38. The van der Waals surface area contributed by atoms with Crippen LogP contribution >= 0.6 is 0 Å². The van der Waals surface area contributed by atoms with Gasteiger partial charge in [0, 0.05) is 106 Å². The first-order chi connectivity index (χ1) is 54.9. The lowest BCUT2D eigenvalue weighted by Gasteiger charge is -2.39. The first-order valence-electron chi connectivity index (χ1n) is 37.8. The average molecular weight is 1650 g/mol. The van der Waals surface area contributed by atoms with E-state index in [0.29, 0.717) is 96.1 Å². The second kappa shape index (κ2) is 36.6. The minimum absolute atomic E-state index is 0.00383. The predicted octanol–water partition coefficient (Wildman–Crippen LogP) is 11.3. The third-order valence-corrected chi connectivity index (χ3v) is 22.3. The third kappa shape index (κ3) is 23.2. The topological polar surface area (TPSA) is 418 Å². The van der Waals surface area contributed by atoms with Gasteiger partial charge < -0.3 is 50.8 Å². The molecule has 9 aromatic rings. The van der Waals surface area contributed by atoms with E-state index in [9.17, 15) is 52.8 Å². The number of pyridine rings is 8. The van der Waals surface area contributed by atoms with Crippen molar-refractivity contribution in [3.8, 4) is 51.3 Å². The van der Waals surface area contributed by atoms with E-state index in [-0.39, 0.29) is 92.7 Å². The molecule has 4 aliphatic rings. The fraction of sp³-hybridized carbons (Fsp3) is 0.388. The molecule has 3 saturated heterocycles. The number of anilines is 6. The Morgan fingerprint density at radius 3 is 1.32 bits per heavy atom. The highest BCUT2D eigenvalue weighted by atomic mass is 32.2. The van der Waals surface area contributed by atoms with Crippen molar-refractivity contribution in [3.63, 3.8) is 0 Å². The molecule has 0 atom stereocenters. The van der Waals surface area contributed by atoms with E-state index in [2.05, 4.69) is 53.2 Å². The molecule has 13 rings (SSSR count). The van der Waals surface area contributed by atoms with Crippen molar-refractivity contribution in [2.45, 2.75) is 146 Å². The van der Waals surface area contributed by atoms with E-state index in [1.54, 1.807) is 59.8 Å². The summed E-state index contributed by atoms with van der Waals surface area (Å²) < 4.78 is 148. The van der Waals surface area contributed by atoms with Crippen molar-refractivity contribution >= 4 is 82.7 Å². The number of nitrogens with zero attached hydrogens (tertiary/aromatic N) is 11. The maximum absolute atomic E-state index is 14.5. The Hall–Kier alpha value is -11.4. The van der Waals surface area contributed by atoms with E-state index in [4.69, 9.17) is 46.1 Å². The van der Waals surface area contributed by atoms with Crippen LogP contribution in [0.1, 0.15) is 138 Å². The number of nitrogens with two attached hydrogens (primary N) is 3. The summed E-state index contributed by atoms with van der Waals surface area (Å²) in [5.41, 5.74) is 20.2. The summed E-state index contributed by atoms with van der Waals surface area (Å²) in [5, 5.41) is -1.13. The van der Waals surface area contributed by atoms with Gasteiger partial charge in [0.1, 0.15) is 46.5 Å². The number of carbonyl (C=O) groups excluding carboxylic acids is 3. The van der Waals surface area contributed by atoms with Gasteiger partial charge in [-0.25, -0.2) is 67.2 Å². The van der Waals surface area contributed by atoms with Crippen molar-refractivity contribution in [2.24, 2.45) is 17.3 Å². The summed E-state index contributed by atoms with van der Waals surface area (Å²) >= 11 is 0. The Kier molecular flexibility index (Phi) is 27.0. The second-order valence-corrected chi connectivity index (χ2v) is 35.1. The van der Waals surface area contributed by atoms with Gasteiger partial charge in [-0.05, 0) is 181 Å². The number of rotatable bonds is 25. The highest BCUT2D eigenvalue weighted by molar-refractivity contribution is 7.90. The molecule has 11 heterocycles. The van der Waals surface area contributed by atoms with Crippen LogP contribution in [0.2, 0.25) is 0 Å². The van der Waals surface area contributed by atoms with Crippen LogP contribution in [0, 0.1) is 23.1 Å². The third-order valence-electron chi connectivity index (χ3n) is 18.6. The lowest BCUT2D eigenvalue weighted by molar-refractivity contribution is -0.0221. The summed E-state index contributed by atoms with van der Waals surface area (Å²) in [4.78, 5) is 79.5. The number of benzene rings is 1. The average Bonchev–Trinajstić information content (AvgIpc) is 0.810. The molecule has 1 aromatic carbocycles. The zero-order valence-electron chi connectivity index (χ0n) is 65.4. The quantitative estimate of drug-likeness (QED) is 0.0309.